The first-order chi connectivity index (χ1) is 5.93. The van der Waals surface area contributed by atoms with Crippen molar-refractivity contribution in [1.29, 1.82) is 0 Å². The molecule has 0 rings (SSSR count). The summed E-state index contributed by atoms with van der Waals surface area (Å²) < 4.78 is 0. The van der Waals surface area contributed by atoms with Gasteiger partial charge in [-0.25, -0.2) is 0 Å². The molecule has 5 nitrogen and oxygen atoms in total. The van der Waals surface area contributed by atoms with Gasteiger partial charge in [-0.05, 0) is 12.5 Å². The number of hydrogen-bond acceptors (Lipinski definition) is 3. The molecule has 0 saturated heterocycles. The lowest BCUT2D eigenvalue weighted by Crippen LogP contribution is -2.39. The normalized spacial score (nSPS) is 10.4. The molecule has 0 aliphatic rings. The third kappa shape index (κ3) is 18.0. The van der Waals surface area contributed by atoms with Gasteiger partial charge in [0.2, 0.25) is 5.91 Å². The summed E-state index contributed by atoms with van der Waals surface area (Å²) in [6, 6.07) is 0. The second kappa shape index (κ2) is 8.73. The Morgan fingerprint density at radius 1 is 1.69 bits per heavy atom. The summed E-state index contributed by atoms with van der Waals surface area (Å²) in [4.78, 5) is 19.5. The molecule has 1 amide bonds. The maximum atomic E-state index is 10.5. The molecule has 0 aromatic heterocycles. The number of carboxylic acids is 1. The molecule has 0 saturated carbocycles. The van der Waals surface area contributed by atoms with Crippen LogP contribution in [-0.2, 0) is 9.59 Å². The highest BCUT2D eigenvalue weighted by Crippen LogP contribution is 1.79. The summed E-state index contributed by atoms with van der Waals surface area (Å²) in [5.41, 5.74) is 5.37. The molecule has 0 bridgehead atoms. The number of nitrogens with one attached hydrogen (secondary N) is 1. The quantitative estimate of drug-likeness (QED) is 0.432. The van der Waals surface area contributed by atoms with Crippen LogP contribution in [0.3, 0.4) is 0 Å². The van der Waals surface area contributed by atoms with Gasteiger partial charge in [0.15, 0.2) is 0 Å². The molecule has 0 aromatic carbocycles. The molecule has 0 aliphatic heterocycles. The molecule has 0 spiro atoms. The fourth-order valence-corrected chi connectivity index (χ4v) is 0.344. The van der Waals surface area contributed by atoms with Crippen LogP contribution in [0.1, 0.15) is 20.3 Å². The molecule has 1 atom stereocenters. The van der Waals surface area contributed by atoms with Crippen molar-refractivity contribution in [2.45, 2.75) is 26.4 Å². The number of nitrogens with two attached hydrogens (primary N) is 1. The summed E-state index contributed by atoms with van der Waals surface area (Å²) in [6.45, 7) is 6.26. The lowest BCUT2D eigenvalue weighted by Gasteiger charge is -2.07. The topological polar surface area (TPSA) is 92.4 Å². The average molecular weight is 188 g/mol. The zero-order valence-electron chi connectivity index (χ0n) is 7.91. The van der Waals surface area contributed by atoms with Gasteiger partial charge in [-0.2, -0.15) is 0 Å². The van der Waals surface area contributed by atoms with E-state index in [9.17, 15) is 4.79 Å². The first-order valence-corrected chi connectivity index (χ1v) is 3.82. The van der Waals surface area contributed by atoms with Crippen LogP contribution in [0.2, 0.25) is 0 Å². The van der Waals surface area contributed by atoms with E-state index in [1.165, 1.54) is 6.08 Å². The van der Waals surface area contributed by atoms with E-state index in [-0.39, 0.29) is 12.1 Å². The molecule has 76 valence electrons. The first kappa shape index (κ1) is 14.2. The minimum Gasteiger partial charge on any atom is -0.481 e. The fraction of sp³-hybridized carbons (Fsp3) is 0.500. The van der Waals surface area contributed by atoms with Crippen molar-refractivity contribution in [1.82, 2.24) is 5.32 Å². The van der Waals surface area contributed by atoms with Crippen LogP contribution in [-0.4, -0.2) is 23.1 Å². The van der Waals surface area contributed by atoms with E-state index in [0.717, 1.165) is 13.3 Å². The van der Waals surface area contributed by atoms with Gasteiger partial charge in [-0.1, -0.05) is 13.5 Å². The van der Waals surface area contributed by atoms with E-state index in [2.05, 4.69) is 11.9 Å². The van der Waals surface area contributed by atoms with Crippen molar-refractivity contribution in [3.05, 3.63) is 12.7 Å². The Hall–Kier alpha value is -1.36. The largest absolute Gasteiger partial charge is 0.481 e. The monoisotopic (exact) mass is 188 g/mol. The minimum absolute atomic E-state index is 0.218. The Balaban J connectivity index is 0. The van der Waals surface area contributed by atoms with Crippen LogP contribution in [0.15, 0.2) is 12.7 Å². The summed E-state index contributed by atoms with van der Waals surface area (Å²) in [6.07, 6.45) is 1.70. The Labute approximate surface area is 77.6 Å². The number of carbonyl (C=O) groups excluding carboxylic acids is 1. The van der Waals surface area contributed by atoms with Crippen LogP contribution in [0.25, 0.3) is 0 Å². The predicted molar refractivity (Wildman–Crippen MR) is 49.9 cm³/mol. The first-order valence-electron chi connectivity index (χ1n) is 3.82. The van der Waals surface area contributed by atoms with E-state index >= 15 is 0 Å². The Bertz CT molecular complexity index is 176. The molecular formula is C8H16N2O3. The molecule has 4 N–H and O–H groups in total. The van der Waals surface area contributed by atoms with Crippen molar-refractivity contribution in [3.8, 4) is 0 Å². The van der Waals surface area contributed by atoms with Gasteiger partial charge in [0.05, 0.1) is 6.17 Å². The highest BCUT2D eigenvalue weighted by Gasteiger charge is 1.98. The lowest BCUT2D eigenvalue weighted by atomic mass is 10.4. The number of amides is 1. The fourth-order valence-electron chi connectivity index (χ4n) is 0.344. The second-order valence-corrected chi connectivity index (χ2v) is 2.25. The maximum absolute atomic E-state index is 10.5. The van der Waals surface area contributed by atoms with E-state index < -0.39 is 5.97 Å². The third-order valence-corrected chi connectivity index (χ3v) is 0.953. The van der Waals surface area contributed by atoms with Gasteiger partial charge in [-0.3, -0.25) is 9.59 Å². The second-order valence-electron chi connectivity index (χ2n) is 2.25. The number of carbonyl (C=O) groups is 2. The molecule has 0 fully saturated rings. The van der Waals surface area contributed by atoms with Crippen molar-refractivity contribution < 1.29 is 14.7 Å². The standard InChI is InChI=1S/C6H12N2O.C2H4O2/c1-3-5(7)8-6(9)4-2;1-2(3)4/h4-5H,2-3,7H2,1H3,(H,8,9);1H3,(H,3,4). The van der Waals surface area contributed by atoms with E-state index in [1.807, 2.05) is 6.92 Å². The van der Waals surface area contributed by atoms with E-state index in [1.54, 1.807) is 0 Å². The Kier molecular flexibility index (Phi) is 9.53. The third-order valence-electron chi connectivity index (χ3n) is 0.953. The number of aliphatic carboxylic acids is 1. The molecule has 0 aliphatic carbocycles. The summed E-state index contributed by atoms with van der Waals surface area (Å²) in [5, 5.41) is 9.92. The van der Waals surface area contributed by atoms with E-state index in [4.69, 9.17) is 15.6 Å². The van der Waals surface area contributed by atoms with Crippen molar-refractivity contribution >= 4 is 11.9 Å². The van der Waals surface area contributed by atoms with Crippen molar-refractivity contribution in [3.63, 3.8) is 0 Å². The predicted octanol–water partition coefficient (Wildman–Crippen LogP) is 0.0743. The molecular weight excluding hydrogens is 172 g/mol. The number of rotatable bonds is 3. The number of carboxylic acid groups (broad SMARTS) is 1. The van der Waals surface area contributed by atoms with Crippen molar-refractivity contribution in [2.24, 2.45) is 5.73 Å². The highest BCUT2D eigenvalue weighted by atomic mass is 16.4. The van der Waals surface area contributed by atoms with Crippen LogP contribution in [0, 0.1) is 0 Å². The number of hydrogen-bond donors (Lipinski definition) is 3. The van der Waals surface area contributed by atoms with Gasteiger partial charge in [0.1, 0.15) is 0 Å². The summed E-state index contributed by atoms with van der Waals surface area (Å²) in [7, 11) is 0. The van der Waals surface area contributed by atoms with Crippen LogP contribution >= 0.6 is 0 Å². The van der Waals surface area contributed by atoms with Gasteiger partial charge in [0, 0.05) is 6.92 Å². The molecule has 13 heavy (non-hydrogen) atoms. The van der Waals surface area contributed by atoms with Gasteiger partial charge in [0.25, 0.3) is 5.97 Å². The zero-order valence-corrected chi connectivity index (χ0v) is 7.91. The Morgan fingerprint density at radius 2 is 2.08 bits per heavy atom. The SMILES string of the molecule is C=CC(=O)NC(N)CC.CC(=O)O. The van der Waals surface area contributed by atoms with Gasteiger partial charge in [-0.15, -0.1) is 0 Å². The van der Waals surface area contributed by atoms with Crippen LogP contribution in [0.5, 0.6) is 0 Å². The maximum Gasteiger partial charge on any atom is 0.300 e. The molecule has 0 radical (unpaired) electrons. The molecule has 0 heterocycles. The average Bonchev–Trinajstić information content (AvgIpc) is 2.03. The summed E-state index contributed by atoms with van der Waals surface area (Å²) >= 11 is 0. The Morgan fingerprint density at radius 3 is 2.31 bits per heavy atom. The minimum atomic E-state index is -0.833. The molecule has 0 aromatic rings. The van der Waals surface area contributed by atoms with Crippen LogP contribution in [0.4, 0.5) is 0 Å². The molecule has 5 heteroatoms. The molecule has 1 unspecified atom stereocenters. The summed E-state index contributed by atoms with van der Waals surface area (Å²) in [5.74, 6) is -1.05. The lowest BCUT2D eigenvalue weighted by molar-refractivity contribution is -0.134. The zero-order chi connectivity index (χ0) is 10.9. The smallest absolute Gasteiger partial charge is 0.300 e. The van der Waals surface area contributed by atoms with Gasteiger partial charge >= 0.3 is 0 Å². The van der Waals surface area contributed by atoms with Gasteiger partial charge < -0.3 is 16.2 Å². The van der Waals surface area contributed by atoms with E-state index in [0.29, 0.717) is 0 Å². The van der Waals surface area contributed by atoms with Crippen LogP contribution < -0.4 is 11.1 Å². The van der Waals surface area contributed by atoms with Crippen molar-refractivity contribution in [2.75, 3.05) is 0 Å². The highest BCUT2D eigenvalue weighted by molar-refractivity contribution is 5.86.